The summed E-state index contributed by atoms with van der Waals surface area (Å²) in [6, 6.07) is 5.73. The van der Waals surface area contributed by atoms with Crippen LogP contribution in [0.25, 0.3) is 11.1 Å². The number of carbonyl (C=O) groups is 4. The average Bonchev–Trinajstić information content (AvgIpc) is 4.15. The second-order valence-electron chi connectivity index (χ2n) is 21.4. The van der Waals surface area contributed by atoms with E-state index in [1.807, 2.05) is 29.8 Å². The van der Waals surface area contributed by atoms with Crippen LogP contribution in [0.5, 0.6) is 0 Å². The number of methoxy groups -OCH3 is 2. The van der Waals surface area contributed by atoms with Crippen LogP contribution in [0, 0.1) is 41.2 Å². The van der Waals surface area contributed by atoms with Crippen LogP contribution in [0.1, 0.15) is 75.0 Å². The summed E-state index contributed by atoms with van der Waals surface area (Å²) in [5.41, 5.74) is -3.48. The summed E-state index contributed by atoms with van der Waals surface area (Å²) in [6.45, 7) is 1.89. The molecule has 7 rings (SSSR count). The molecule has 2 aromatic heterocycles. The van der Waals surface area contributed by atoms with Crippen molar-refractivity contribution in [3.05, 3.63) is 101 Å². The number of alkyl halides is 8. The highest BCUT2D eigenvalue weighted by molar-refractivity contribution is 5.87. The second-order valence-corrected chi connectivity index (χ2v) is 21.4. The van der Waals surface area contributed by atoms with Gasteiger partial charge in [-0.1, -0.05) is 24.0 Å². The zero-order chi connectivity index (χ0) is 60.2. The number of anilines is 1. The standard InChI is InChI=1S/C54H62F10N10O8/c1-29-32(14-17-43(66-29)71-23-35-15-16-36(24-71)74(35)37-27-82-28-37)13-12-30-8-10-31(11-9-30)18-41(67-46(76)44(68-49(78)80-6)51(2,3)53(59,60)61)42(75)26-72(70-47(77)45(69-50(79)81-7)52(4,5)54(62,63)64)25-38-39(55)19-33(20-40(38)56)34-21-65-73(22-34)48(57)58/h8-11,14,17,19-22,35-37,41-42,44-45,48,75H,15-16,18,23-28H2,1-7H3,(H,67,76)(H,68,78)(H,69,79)(H,70,77)/t35?,36?,41-,42-,44+,45+/m0/s1. The van der Waals surface area contributed by atoms with Crippen LogP contribution in [-0.2, 0) is 36.8 Å². The topological polar surface area (TPSA) is 205 Å². The van der Waals surface area contributed by atoms with Gasteiger partial charge in [0.15, 0.2) is 0 Å². The molecule has 446 valence electrons. The van der Waals surface area contributed by atoms with Crippen molar-refractivity contribution in [2.24, 2.45) is 10.8 Å². The summed E-state index contributed by atoms with van der Waals surface area (Å²) in [6.07, 6.45) is -12.1. The number of alkyl carbamates (subject to hydrolysis) is 2. The van der Waals surface area contributed by atoms with Crippen molar-refractivity contribution in [1.82, 2.24) is 46.0 Å². The predicted octanol–water partition coefficient (Wildman–Crippen LogP) is 6.93. The third kappa shape index (κ3) is 14.2. The number of carbonyl (C=O) groups excluding carboxylic acids is 4. The summed E-state index contributed by atoms with van der Waals surface area (Å²) >= 11 is 0. The van der Waals surface area contributed by atoms with Crippen LogP contribution in [-0.4, -0.2) is 156 Å². The van der Waals surface area contributed by atoms with Crippen molar-refractivity contribution in [1.29, 1.82) is 0 Å². The first kappa shape index (κ1) is 62.4. The van der Waals surface area contributed by atoms with Gasteiger partial charge in [0, 0.05) is 66.7 Å². The summed E-state index contributed by atoms with van der Waals surface area (Å²) in [5, 5.41) is 22.0. The minimum absolute atomic E-state index is 0.173. The maximum atomic E-state index is 16.1. The van der Waals surface area contributed by atoms with Gasteiger partial charge in [0.1, 0.15) is 29.5 Å². The smallest absolute Gasteiger partial charge is 0.407 e. The van der Waals surface area contributed by atoms with Gasteiger partial charge >= 0.3 is 31.1 Å². The predicted molar refractivity (Wildman–Crippen MR) is 274 cm³/mol. The first-order valence-electron chi connectivity index (χ1n) is 25.8. The highest BCUT2D eigenvalue weighted by atomic mass is 19.4. The molecule has 3 saturated heterocycles. The molecule has 82 heavy (non-hydrogen) atoms. The molecular weight excluding hydrogens is 1110 g/mol. The number of fused-ring (bicyclic) bond motifs is 2. The maximum Gasteiger partial charge on any atom is 0.407 e. The van der Waals surface area contributed by atoms with Gasteiger partial charge in [-0.15, -0.1) is 0 Å². The molecule has 28 heteroatoms. The fourth-order valence-electron chi connectivity index (χ4n) is 9.89. The molecule has 3 aliphatic heterocycles. The van der Waals surface area contributed by atoms with Gasteiger partial charge in [-0.05, 0) is 101 Å². The van der Waals surface area contributed by atoms with Crippen molar-refractivity contribution in [2.45, 2.75) is 122 Å². The number of aryl methyl sites for hydroxylation is 1. The van der Waals surface area contributed by atoms with Crippen molar-refractivity contribution in [3.8, 4) is 23.0 Å². The number of piperazine rings is 1. The Kier molecular flexibility index (Phi) is 19.1. The van der Waals surface area contributed by atoms with Gasteiger partial charge < -0.3 is 40.2 Å². The maximum absolute atomic E-state index is 16.1. The summed E-state index contributed by atoms with van der Waals surface area (Å²) < 4.78 is 161. The normalized spacial score (nSPS) is 18.4. The van der Waals surface area contributed by atoms with E-state index in [0.29, 0.717) is 79.8 Å². The van der Waals surface area contributed by atoms with Gasteiger partial charge in [0.25, 0.3) is 5.91 Å². The van der Waals surface area contributed by atoms with Gasteiger partial charge in [0.2, 0.25) is 5.91 Å². The SMILES string of the molecule is COC(=O)N[C@H](C(=O)N[C@@H](Cc1ccc(C#Cc2ccc(N3CC4CCC(C3)N4C3COC3)nc2C)cc1)[C@@H](O)CN(Cc1c(F)cc(-c2cnn(C(F)F)c2)cc1F)NC(=O)[C@@H](NC(=O)OC)C(C)(C)C(F)(F)F)C(C)(C)C(F)(F)F. The molecule has 3 aliphatic rings. The molecule has 5 N–H and O–H groups in total. The van der Waals surface area contributed by atoms with E-state index in [9.17, 15) is 59.4 Å². The summed E-state index contributed by atoms with van der Waals surface area (Å²) in [7, 11) is 1.61. The lowest BCUT2D eigenvalue weighted by Gasteiger charge is -2.48. The summed E-state index contributed by atoms with van der Waals surface area (Å²) in [5.74, 6) is 0.939. The van der Waals surface area contributed by atoms with Crippen LogP contribution < -0.4 is 26.3 Å². The van der Waals surface area contributed by atoms with E-state index in [0.717, 1.165) is 71.6 Å². The fourth-order valence-corrected chi connectivity index (χ4v) is 9.89. The molecule has 4 aromatic rings. The number of nitrogens with zero attached hydrogens (tertiary/aromatic N) is 6. The number of aromatic nitrogens is 3. The van der Waals surface area contributed by atoms with E-state index in [1.54, 1.807) is 17.4 Å². The molecule has 18 nitrogen and oxygen atoms in total. The quantitative estimate of drug-likeness (QED) is 0.0368. The first-order chi connectivity index (χ1) is 38.4. The third-order valence-corrected chi connectivity index (χ3v) is 15.1. The zero-order valence-corrected chi connectivity index (χ0v) is 45.5. The minimum Gasteiger partial charge on any atom is -0.453 e. The zero-order valence-electron chi connectivity index (χ0n) is 45.5. The fraction of sp³-hybridized carbons (Fsp3) is 0.519. The average molecular weight is 1170 g/mol. The van der Waals surface area contributed by atoms with Crippen LogP contribution >= 0.6 is 0 Å². The van der Waals surface area contributed by atoms with Gasteiger partial charge in [-0.2, -0.15) is 40.2 Å². The van der Waals surface area contributed by atoms with E-state index in [1.165, 1.54) is 12.1 Å². The number of aliphatic hydroxyl groups is 1. The lowest BCUT2D eigenvalue weighted by atomic mass is 9.82. The van der Waals surface area contributed by atoms with Crippen LogP contribution in [0.15, 0.2) is 60.9 Å². The van der Waals surface area contributed by atoms with Gasteiger partial charge in [-0.25, -0.2) is 33.0 Å². The van der Waals surface area contributed by atoms with Crippen LogP contribution in [0.4, 0.5) is 59.3 Å². The number of ether oxygens (including phenoxy) is 3. The van der Waals surface area contributed by atoms with Crippen LogP contribution in [0.2, 0.25) is 0 Å². The molecule has 2 unspecified atom stereocenters. The molecule has 2 bridgehead atoms. The third-order valence-electron chi connectivity index (χ3n) is 15.1. The molecule has 0 radical (unpaired) electrons. The molecule has 0 aliphatic carbocycles. The lowest BCUT2D eigenvalue weighted by Crippen LogP contribution is -2.63. The largest absolute Gasteiger partial charge is 0.453 e. The molecule has 5 heterocycles. The Labute approximate surface area is 465 Å². The molecule has 0 spiro atoms. The molecule has 2 aromatic carbocycles. The first-order valence-corrected chi connectivity index (χ1v) is 25.8. The Morgan fingerprint density at radius 2 is 1.35 bits per heavy atom. The summed E-state index contributed by atoms with van der Waals surface area (Å²) in [4.78, 5) is 62.7. The van der Waals surface area contributed by atoms with Crippen molar-refractivity contribution in [3.63, 3.8) is 0 Å². The molecule has 6 atom stereocenters. The minimum atomic E-state index is -5.23. The van der Waals surface area contributed by atoms with E-state index < -0.39 is 115 Å². The highest BCUT2D eigenvalue weighted by Gasteiger charge is 2.57. The van der Waals surface area contributed by atoms with E-state index in [4.69, 9.17) is 9.72 Å². The Bertz CT molecular complexity index is 2980. The number of pyridine rings is 1. The van der Waals surface area contributed by atoms with E-state index in [-0.39, 0.29) is 21.4 Å². The molecular formula is C54H62F10N10O8. The number of hydrogen-bond donors (Lipinski definition) is 5. The number of hydrogen-bond acceptors (Lipinski definition) is 13. The van der Waals surface area contributed by atoms with E-state index >= 15 is 8.78 Å². The van der Waals surface area contributed by atoms with E-state index in [2.05, 4.69) is 41.5 Å². The number of hydrazine groups is 1. The highest BCUT2D eigenvalue weighted by Crippen LogP contribution is 2.42. The second kappa shape index (κ2) is 25.1. The van der Waals surface area contributed by atoms with Gasteiger partial charge in [-0.3, -0.25) is 19.9 Å². The number of rotatable bonds is 19. The molecule has 4 amide bonds. The lowest BCUT2D eigenvalue weighted by molar-refractivity contribution is -0.221. The van der Waals surface area contributed by atoms with Gasteiger partial charge in [0.05, 0.1) is 68.3 Å². The Balaban J connectivity index is 1.19. The van der Waals surface area contributed by atoms with Crippen molar-refractivity contribution < 1.29 is 82.4 Å². The Hall–Kier alpha value is -7.22. The number of benzene rings is 2. The Morgan fingerprint density at radius 3 is 1.84 bits per heavy atom. The van der Waals surface area contributed by atoms with Crippen molar-refractivity contribution in [2.75, 3.05) is 52.0 Å². The Morgan fingerprint density at radius 1 is 0.793 bits per heavy atom. The monoisotopic (exact) mass is 1170 g/mol. The van der Waals surface area contributed by atoms with Crippen LogP contribution in [0.3, 0.4) is 0 Å². The molecule has 3 fully saturated rings. The number of aliphatic hydroxyl groups excluding tert-OH is 1. The number of amides is 4. The molecule has 0 saturated carbocycles. The number of nitrogens with one attached hydrogen (secondary N) is 4. The van der Waals surface area contributed by atoms with Crippen molar-refractivity contribution >= 4 is 29.8 Å². The number of halogens is 10.